The highest BCUT2D eigenvalue weighted by Gasteiger charge is 2.37. The van der Waals surface area contributed by atoms with Crippen LogP contribution in [0.3, 0.4) is 0 Å². The predicted octanol–water partition coefficient (Wildman–Crippen LogP) is 3.51. The maximum absolute atomic E-state index is 10.4. The molecule has 0 aromatic heterocycles. The van der Waals surface area contributed by atoms with Crippen molar-refractivity contribution < 1.29 is 5.11 Å². The van der Waals surface area contributed by atoms with E-state index in [1.807, 2.05) is 0 Å². The number of aliphatic hydroxyl groups is 1. The van der Waals surface area contributed by atoms with Crippen LogP contribution >= 0.6 is 0 Å². The summed E-state index contributed by atoms with van der Waals surface area (Å²) in [6, 6.07) is 0. The predicted molar refractivity (Wildman–Crippen MR) is 59.2 cm³/mol. The fraction of sp³-hybridized carbons (Fsp3) is 1.00. The fourth-order valence-electron chi connectivity index (χ4n) is 2.52. The molecule has 0 heterocycles. The van der Waals surface area contributed by atoms with Gasteiger partial charge in [-0.15, -0.1) is 0 Å². The monoisotopic (exact) mass is 196 g/mol. The van der Waals surface area contributed by atoms with Gasteiger partial charge in [0.1, 0.15) is 0 Å². The summed E-state index contributed by atoms with van der Waals surface area (Å²) in [5, 5.41) is 10.4. The van der Waals surface area contributed by atoms with Crippen molar-refractivity contribution in [3.63, 3.8) is 0 Å². The van der Waals surface area contributed by atoms with E-state index in [-0.39, 0.29) is 5.60 Å². The molecule has 0 bridgehead atoms. The molecule has 2 fully saturated rings. The average molecular weight is 196 g/mol. The van der Waals surface area contributed by atoms with Crippen molar-refractivity contribution >= 4 is 0 Å². The molecule has 0 spiro atoms. The van der Waals surface area contributed by atoms with E-state index in [0.717, 1.165) is 25.2 Å². The maximum Gasteiger partial charge on any atom is 0.0648 e. The Kier molecular flexibility index (Phi) is 2.63. The molecule has 14 heavy (non-hydrogen) atoms. The number of rotatable bonds is 3. The highest BCUT2D eigenvalue weighted by molar-refractivity contribution is 4.90. The molecule has 0 aromatic carbocycles. The van der Waals surface area contributed by atoms with Gasteiger partial charge in [0.25, 0.3) is 0 Å². The lowest BCUT2D eigenvalue weighted by molar-refractivity contribution is -0.0343. The zero-order chi connectivity index (χ0) is 10.2. The van der Waals surface area contributed by atoms with E-state index < -0.39 is 0 Å². The van der Waals surface area contributed by atoms with E-state index in [1.54, 1.807) is 0 Å². The van der Waals surface area contributed by atoms with Crippen molar-refractivity contribution in [2.45, 2.75) is 70.8 Å². The summed E-state index contributed by atoms with van der Waals surface area (Å²) in [4.78, 5) is 0. The molecule has 0 aromatic rings. The summed E-state index contributed by atoms with van der Waals surface area (Å²) in [5.74, 6) is 0.967. The normalized spacial score (nSPS) is 30.2. The molecule has 1 N–H and O–H groups in total. The lowest BCUT2D eigenvalue weighted by atomic mass is 9.69. The van der Waals surface area contributed by atoms with Gasteiger partial charge in [0.2, 0.25) is 0 Å². The number of hydrogen-bond donors (Lipinski definition) is 1. The lowest BCUT2D eigenvalue weighted by Crippen LogP contribution is -2.36. The maximum atomic E-state index is 10.4. The summed E-state index contributed by atoms with van der Waals surface area (Å²) >= 11 is 0. The Morgan fingerprint density at radius 1 is 1.07 bits per heavy atom. The molecule has 2 rings (SSSR count). The first-order valence-electron chi connectivity index (χ1n) is 6.22. The minimum absolute atomic E-state index is 0.294. The van der Waals surface area contributed by atoms with Crippen molar-refractivity contribution in [1.29, 1.82) is 0 Å². The van der Waals surface area contributed by atoms with Crippen LogP contribution in [-0.4, -0.2) is 10.7 Å². The third kappa shape index (κ3) is 2.73. The molecule has 0 atom stereocenters. The van der Waals surface area contributed by atoms with Crippen LogP contribution in [0.1, 0.15) is 65.2 Å². The topological polar surface area (TPSA) is 20.2 Å². The largest absolute Gasteiger partial charge is 0.390 e. The van der Waals surface area contributed by atoms with Crippen molar-refractivity contribution in [3.8, 4) is 0 Å². The molecular formula is C13H24O. The average Bonchev–Trinajstić information content (AvgIpc) is 2.92. The van der Waals surface area contributed by atoms with E-state index >= 15 is 0 Å². The second kappa shape index (κ2) is 3.52. The van der Waals surface area contributed by atoms with Crippen LogP contribution in [0.2, 0.25) is 0 Å². The highest BCUT2D eigenvalue weighted by Crippen LogP contribution is 2.44. The van der Waals surface area contributed by atoms with Crippen molar-refractivity contribution in [1.82, 2.24) is 0 Å². The molecule has 2 saturated carbocycles. The second-order valence-electron chi connectivity index (χ2n) is 6.37. The van der Waals surface area contributed by atoms with Crippen molar-refractivity contribution in [3.05, 3.63) is 0 Å². The van der Waals surface area contributed by atoms with E-state index in [2.05, 4.69) is 13.8 Å². The molecule has 1 heteroatoms. The highest BCUT2D eigenvalue weighted by atomic mass is 16.3. The molecular weight excluding hydrogens is 172 g/mol. The SMILES string of the molecule is CC1(C)CCC(O)(CCC2CC2)CC1. The van der Waals surface area contributed by atoms with E-state index in [1.165, 1.54) is 32.1 Å². The van der Waals surface area contributed by atoms with Crippen LogP contribution in [-0.2, 0) is 0 Å². The molecule has 0 unspecified atom stereocenters. The van der Waals surface area contributed by atoms with Crippen LogP contribution in [0, 0.1) is 11.3 Å². The third-order valence-corrected chi connectivity index (χ3v) is 4.25. The quantitative estimate of drug-likeness (QED) is 0.732. The van der Waals surface area contributed by atoms with Gasteiger partial charge in [-0.25, -0.2) is 0 Å². The van der Waals surface area contributed by atoms with Crippen LogP contribution in [0.5, 0.6) is 0 Å². The first-order valence-corrected chi connectivity index (χ1v) is 6.22. The van der Waals surface area contributed by atoms with E-state index in [0.29, 0.717) is 5.41 Å². The van der Waals surface area contributed by atoms with Gasteiger partial charge in [0.15, 0.2) is 0 Å². The molecule has 2 aliphatic carbocycles. The molecule has 82 valence electrons. The number of hydrogen-bond acceptors (Lipinski definition) is 1. The molecule has 0 aliphatic heterocycles. The Balaban J connectivity index is 1.78. The van der Waals surface area contributed by atoms with Crippen LogP contribution in [0.25, 0.3) is 0 Å². The first kappa shape index (κ1) is 10.5. The summed E-state index contributed by atoms with van der Waals surface area (Å²) in [5.41, 5.74) is 0.184. The second-order valence-corrected chi connectivity index (χ2v) is 6.37. The van der Waals surface area contributed by atoms with Crippen molar-refractivity contribution in [2.75, 3.05) is 0 Å². The minimum Gasteiger partial charge on any atom is -0.390 e. The van der Waals surface area contributed by atoms with Gasteiger partial charge >= 0.3 is 0 Å². The van der Waals surface area contributed by atoms with Crippen LogP contribution in [0.15, 0.2) is 0 Å². The summed E-state index contributed by atoms with van der Waals surface area (Å²) < 4.78 is 0. The zero-order valence-electron chi connectivity index (χ0n) is 9.68. The van der Waals surface area contributed by atoms with Gasteiger partial charge in [-0.05, 0) is 49.9 Å². The van der Waals surface area contributed by atoms with Gasteiger partial charge in [0.05, 0.1) is 5.60 Å². The molecule has 1 nitrogen and oxygen atoms in total. The molecule has 0 saturated heterocycles. The summed E-state index contributed by atoms with van der Waals surface area (Å²) in [6.07, 6.45) is 9.65. The molecule has 0 amide bonds. The third-order valence-electron chi connectivity index (χ3n) is 4.25. The Bertz CT molecular complexity index is 188. The zero-order valence-corrected chi connectivity index (χ0v) is 9.68. The van der Waals surface area contributed by atoms with Gasteiger partial charge in [-0.1, -0.05) is 26.7 Å². The van der Waals surface area contributed by atoms with Gasteiger partial charge in [0, 0.05) is 0 Å². The Hall–Kier alpha value is -0.0400. The minimum atomic E-state index is -0.294. The van der Waals surface area contributed by atoms with Crippen LogP contribution < -0.4 is 0 Å². The fourth-order valence-corrected chi connectivity index (χ4v) is 2.52. The van der Waals surface area contributed by atoms with Gasteiger partial charge < -0.3 is 5.11 Å². The Labute approximate surface area is 87.9 Å². The first-order chi connectivity index (χ1) is 6.49. The molecule has 0 radical (unpaired) electrons. The summed E-state index contributed by atoms with van der Waals surface area (Å²) in [6.45, 7) is 4.65. The van der Waals surface area contributed by atoms with Crippen LogP contribution in [0.4, 0.5) is 0 Å². The van der Waals surface area contributed by atoms with E-state index in [9.17, 15) is 5.11 Å². The van der Waals surface area contributed by atoms with Gasteiger partial charge in [-0.3, -0.25) is 0 Å². The van der Waals surface area contributed by atoms with E-state index in [4.69, 9.17) is 0 Å². The molecule has 2 aliphatic rings. The van der Waals surface area contributed by atoms with Crippen molar-refractivity contribution in [2.24, 2.45) is 11.3 Å². The summed E-state index contributed by atoms with van der Waals surface area (Å²) in [7, 11) is 0. The Morgan fingerprint density at radius 3 is 2.14 bits per heavy atom. The van der Waals surface area contributed by atoms with Gasteiger partial charge in [-0.2, -0.15) is 0 Å². The standard InChI is InChI=1S/C13H24O/c1-12(2)7-9-13(14,10-8-12)6-5-11-3-4-11/h11,14H,3-10H2,1-2H3. The lowest BCUT2D eigenvalue weighted by Gasteiger charge is -2.40. The Morgan fingerprint density at radius 2 is 1.64 bits per heavy atom. The smallest absolute Gasteiger partial charge is 0.0648 e.